The van der Waals surface area contributed by atoms with Gasteiger partial charge in [0.2, 0.25) is 0 Å². The van der Waals surface area contributed by atoms with Gasteiger partial charge >= 0.3 is 0 Å². The Kier molecular flexibility index (Phi) is 2.48. The van der Waals surface area contributed by atoms with Gasteiger partial charge in [-0.3, -0.25) is 4.79 Å². The van der Waals surface area contributed by atoms with Gasteiger partial charge < -0.3 is 15.6 Å². The Hall–Kier alpha value is -2.89. The highest BCUT2D eigenvalue weighted by Gasteiger charge is 2.19. The van der Waals surface area contributed by atoms with Crippen molar-refractivity contribution in [2.24, 2.45) is 0 Å². The van der Waals surface area contributed by atoms with Crippen molar-refractivity contribution in [3.05, 3.63) is 48.2 Å². The van der Waals surface area contributed by atoms with Crippen molar-refractivity contribution in [1.29, 1.82) is 0 Å². The second kappa shape index (κ2) is 5.72. The lowest BCUT2D eigenvalue weighted by Gasteiger charge is -2.20. The van der Waals surface area contributed by atoms with Crippen LogP contribution in [0.1, 0.15) is 38.0 Å². The predicted molar refractivity (Wildman–Crippen MR) is 90.8 cm³/mol. The van der Waals surface area contributed by atoms with Crippen molar-refractivity contribution in [3.63, 3.8) is 0 Å². The molecule has 0 aliphatic carbocycles. The molecular weight excluding hydrogens is 290 g/mol. The number of hydrogen-bond donors (Lipinski definition) is 3. The van der Waals surface area contributed by atoms with E-state index in [1.807, 2.05) is 20.8 Å². The third kappa shape index (κ3) is 3.48. The number of aromatic nitrogens is 3. The van der Waals surface area contributed by atoms with Crippen LogP contribution in [0.4, 0.5) is 11.5 Å². The number of para-hydroxylation sites is 1. The highest BCUT2D eigenvalue weighted by Crippen LogP contribution is 2.19. The van der Waals surface area contributed by atoms with Gasteiger partial charge in [0.25, 0.3) is 5.91 Å². The summed E-state index contributed by atoms with van der Waals surface area (Å²) in [7, 11) is 0. The zero-order valence-corrected chi connectivity index (χ0v) is 13.0. The molecule has 0 radical (unpaired) electrons. The van der Waals surface area contributed by atoms with Crippen LogP contribution >= 0.6 is 0 Å². The quantitative estimate of drug-likeness (QED) is 0.693. The molecule has 2 heterocycles. The van der Waals surface area contributed by atoms with Gasteiger partial charge in [-0.05, 0) is 32.9 Å². The number of anilines is 2. The van der Waals surface area contributed by atoms with Crippen molar-refractivity contribution in [3.8, 4) is 0 Å². The normalized spacial score (nSPS) is 14.5. The Morgan fingerprint density at radius 2 is 2.00 bits per heavy atom. The maximum Gasteiger partial charge on any atom is 0.255 e. The summed E-state index contributed by atoms with van der Waals surface area (Å²) in [5.74, 6) is -0.177. The Morgan fingerprint density at radius 1 is 1.26 bits per heavy atom. The molecule has 2 aromatic heterocycles. The number of carbonyl (C=O) groups is 1. The SMILES string of the molecule is [2H]c1c([2H])c([2H])c(Nc2cnc3[nH]cc(C(=O)NC(C)(C)C)c3n2)c([2H])c1[2H]. The van der Waals surface area contributed by atoms with E-state index in [1.54, 1.807) is 0 Å². The van der Waals surface area contributed by atoms with Crippen molar-refractivity contribution in [2.45, 2.75) is 26.3 Å². The lowest BCUT2D eigenvalue weighted by atomic mass is 10.1. The third-order valence-electron chi connectivity index (χ3n) is 2.87. The van der Waals surface area contributed by atoms with Crippen LogP contribution in [0.25, 0.3) is 11.2 Å². The number of nitrogens with one attached hydrogen (secondary N) is 3. The largest absolute Gasteiger partial charge is 0.347 e. The van der Waals surface area contributed by atoms with Crippen LogP contribution in [0.5, 0.6) is 0 Å². The number of aromatic amines is 1. The number of benzene rings is 1. The second-order valence-corrected chi connectivity index (χ2v) is 5.98. The third-order valence-corrected chi connectivity index (χ3v) is 2.87. The molecule has 0 fully saturated rings. The molecule has 23 heavy (non-hydrogen) atoms. The van der Waals surface area contributed by atoms with E-state index in [2.05, 4.69) is 25.6 Å². The summed E-state index contributed by atoms with van der Waals surface area (Å²) in [6.45, 7) is 5.57. The number of rotatable bonds is 3. The van der Waals surface area contributed by atoms with Gasteiger partial charge in [-0.25, -0.2) is 9.97 Å². The Balaban J connectivity index is 2.03. The number of carbonyl (C=O) groups excluding carboxylic acids is 1. The van der Waals surface area contributed by atoms with Crippen LogP contribution in [0.2, 0.25) is 0 Å². The van der Waals surface area contributed by atoms with Crippen LogP contribution < -0.4 is 10.6 Å². The number of hydrogen-bond acceptors (Lipinski definition) is 4. The Bertz CT molecular complexity index is 1060. The summed E-state index contributed by atoms with van der Waals surface area (Å²) < 4.78 is 39.1. The molecule has 0 saturated carbocycles. The molecule has 3 rings (SSSR count). The van der Waals surface area contributed by atoms with E-state index < -0.39 is 23.7 Å². The average Bonchev–Trinajstić information content (AvgIpc) is 3.04. The molecule has 3 N–H and O–H groups in total. The molecule has 0 aliphatic heterocycles. The molecule has 0 unspecified atom stereocenters. The first-order valence-electron chi connectivity index (χ1n) is 9.50. The number of amides is 1. The van der Waals surface area contributed by atoms with Gasteiger partial charge in [0.05, 0.1) is 18.6 Å². The van der Waals surface area contributed by atoms with Crippen molar-refractivity contribution >= 4 is 28.6 Å². The summed E-state index contributed by atoms with van der Waals surface area (Å²) in [5.41, 5.74) is 0.444. The summed E-state index contributed by atoms with van der Waals surface area (Å²) in [5, 5.41) is 5.57. The molecule has 118 valence electrons. The standard InChI is InChI=1S/C17H19N5O/c1-17(2,3)22-16(23)12-9-18-15-14(12)21-13(10-19-15)20-11-7-5-4-6-8-11/h4-10H,1-3H3,(H,18,19)(H,20,21)(H,22,23)/i4D,5D,6D,7D,8D. The van der Waals surface area contributed by atoms with E-state index in [-0.39, 0.29) is 29.5 Å². The number of nitrogens with zero attached hydrogens (tertiary/aromatic N) is 2. The molecule has 0 atom stereocenters. The van der Waals surface area contributed by atoms with Gasteiger partial charge in [-0.2, -0.15) is 0 Å². The molecule has 6 nitrogen and oxygen atoms in total. The van der Waals surface area contributed by atoms with Crippen LogP contribution in [-0.2, 0) is 0 Å². The maximum atomic E-state index is 12.5. The molecule has 6 heteroatoms. The minimum atomic E-state index is -0.478. The van der Waals surface area contributed by atoms with Crippen LogP contribution in [0.3, 0.4) is 0 Å². The first-order chi connectivity index (χ1) is 13.0. The highest BCUT2D eigenvalue weighted by molar-refractivity contribution is 6.04. The van der Waals surface area contributed by atoms with Crippen LogP contribution in [0.15, 0.2) is 42.6 Å². The molecule has 3 aromatic rings. The fourth-order valence-corrected chi connectivity index (χ4v) is 1.97. The predicted octanol–water partition coefficient (Wildman–Crippen LogP) is 3.23. The number of H-pyrrole nitrogens is 1. The summed E-state index contributed by atoms with van der Waals surface area (Å²) in [4.78, 5) is 23.9. The van der Waals surface area contributed by atoms with Gasteiger partial charge in [-0.1, -0.05) is 18.1 Å². The monoisotopic (exact) mass is 314 g/mol. The van der Waals surface area contributed by atoms with E-state index in [9.17, 15) is 4.79 Å². The molecule has 1 amide bonds. The number of fused-ring (bicyclic) bond motifs is 1. The van der Waals surface area contributed by atoms with Crippen molar-refractivity contribution in [2.75, 3.05) is 5.32 Å². The summed E-state index contributed by atoms with van der Waals surface area (Å²) in [6.07, 6.45) is 2.85. The second-order valence-electron chi connectivity index (χ2n) is 5.98. The minimum absolute atomic E-state index is 0.115. The van der Waals surface area contributed by atoms with Crippen molar-refractivity contribution in [1.82, 2.24) is 20.3 Å². The summed E-state index contributed by atoms with van der Waals surface area (Å²) in [6, 6.07) is -2.15. The Labute approximate surface area is 141 Å². The zero-order valence-electron chi connectivity index (χ0n) is 18.0. The lowest BCUT2D eigenvalue weighted by Crippen LogP contribution is -2.40. The molecule has 1 aromatic carbocycles. The van der Waals surface area contributed by atoms with Gasteiger partial charge in [0, 0.05) is 17.4 Å². The van der Waals surface area contributed by atoms with Crippen molar-refractivity contribution < 1.29 is 11.6 Å². The Morgan fingerprint density at radius 3 is 2.70 bits per heavy atom. The maximum absolute atomic E-state index is 12.5. The van der Waals surface area contributed by atoms with Gasteiger partial charge in [0.15, 0.2) is 5.65 Å². The zero-order chi connectivity index (χ0) is 20.8. The first kappa shape index (κ1) is 9.99. The van der Waals surface area contributed by atoms with E-state index in [4.69, 9.17) is 6.85 Å². The minimum Gasteiger partial charge on any atom is -0.347 e. The lowest BCUT2D eigenvalue weighted by molar-refractivity contribution is 0.0921. The highest BCUT2D eigenvalue weighted by atomic mass is 16.1. The molecule has 0 saturated heterocycles. The smallest absolute Gasteiger partial charge is 0.255 e. The summed E-state index contributed by atoms with van der Waals surface area (Å²) >= 11 is 0. The average molecular weight is 314 g/mol. The topological polar surface area (TPSA) is 82.7 Å². The molecule has 0 spiro atoms. The molecular formula is C17H19N5O. The van der Waals surface area contributed by atoms with E-state index in [1.165, 1.54) is 12.4 Å². The van der Waals surface area contributed by atoms with Gasteiger partial charge in [-0.15, -0.1) is 0 Å². The van der Waals surface area contributed by atoms with E-state index >= 15 is 0 Å². The van der Waals surface area contributed by atoms with Gasteiger partial charge in [0.1, 0.15) is 11.3 Å². The fraction of sp³-hybridized carbons (Fsp3) is 0.235. The van der Waals surface area contributed by atoms with Crippen LogP contribution in [-0.4, -0.2) is 26.4 Å². The molecule has 0 bridgehead atoms. The van der Waals surface area contributed by atoms with E-state index in [0.717, 1.165) is 0 Å². The van der Waals surface area contributed by atoms with Crippen LogP contribution in [0, 0.1) is 0 Å². The van der Waals surface area contributed by atoms with E-state index in [0.29, 0.717) is 16.7 Å². The fourth-order valence-electron chi connectivity index (χ4n) is 1.97. The first-order valence-corrected chi connectivity index (χ1v) is 7.00. The molecule has 0 aliphatic rings.